The van der Waals surface area contributed by atoms with Crippen molar-refractivity contribution in [3.8, 4) is 11.4 Å². The number of carboxylic acids is 1. The van der Waals surface area contributed by atoms with Crippen LogP contribution < -0.4 is 0 Å². The highest BCUT2D eigenvalue weighted by Gasteiger charge is 2.42. The second kappa shape index (κ2) is 5.23. The number of pyridine rings is 1. The first-order chi connectivity index (χ1) is 10.1. The third-order valence-corrected chi connectivity index (χ3v) is 4.17. The smallest absolute Gasteiger partial charge is 0.311 e. The Hall–Kier alpha value is -2.31. The molecule has 3 rings (SSSR count). The van der Waals surface area contributed by atoms with E-state index < -0.39 is 11.4 Å². The first-order valence-electron chi connectivity index (χ1n) is 7.03. The van der Waals surface area contributed by atoms with E-state index in [9.17, 15) is 9.90 Å². The topological polar surface area (TPSA) is 93.8 Å². The molecule has 1 fully saturated rings. The van der Waals surface area contributed by atoms with Crippen LogP contribution >= 0.6 is 0 Å². The van der Waals surface area contributed by atoms with Gasteiger partial charge in [0.05, 0.1) is 12.0 Å². The van der Waals surface area contributed by atoms with Crippen molar-refractivity contribution in [1.82, 2.24) is 25.2 Å². The number of hydrogen-bond acceptors (Lipinski definition) is 5. The van der Waals surface area contributed by atoms with Crippen LogP contribution in [0, 0.1) is 12.3 Å². The molecule has 7 heteroatoms. The van der Waals surface area contributed by atoms with Crippen LogP contribution in [-0.2, 0) is 11.3 Å². The van der Waals surface area contributed by atoms with Gasteiger partial charge in [0.1, 0.15) is 0 Å². The molecule has 1 aliphatic rings. The number of tetrazole rings is 1. The van der Waals surface area contributed by atoms with Gasteiger partial charge in [-0.25, -0.2) is 4.68 Å². The Balaban J connectivity index is 1.92. The van der Waals surface area contributed by atoms with E-state index in [-0.39, 0.29) is 0 Å². The largest absolute Gasteiger partial charge is 0.481 e. The summed E-state index contributed by atoms with van der Waals surface area (Å²) in [4.78, 5) is 15.9. The number of aromatic nitrogens is 5. The number of carboxylic acid groups (broad SMARTS) is 1. The second-order valence-electron chi connectivity index (χ2n) is 5.64. The molecule has 2 aromatic rings. The van der Waals surface area contributed by atoms with Gasteiger partial charge in [0, 0.05) is 17.5 Å². The lowest BCUT2D eigenvalue weighted by molar-refractivity contribution is -0.149. The van der Waals surface area contributed by atoms with E-state index in [0.29, 0.717) is 25.2 Å². The lowest BCUT2D eigenvalue weighted by Crippen LogP contribution is -2.33. The van der Waals surface area contributed by atoms with Crippen molar-refractivity contribution in [3.05, 3.63) is 24.0 Å². The quantitative estimate of drug-likeness (QED) is 0.919. The number of hydrogen-bond donors (Lipinski definition) is 1. The molecule has 0 saturated heterocycles. The van der Waals surface area contributed by atoms with E-state index in [0.717, 1.165) is 24.1 Å². The van der Waals surface area contributed by atoms with Gasteiger partial charge in [-0.2, -0.15) is 0 Å². The lowest BCUT2D eigenvalue weighted by Gasteiger charge is -2.23. The molecule has 0 aromatic carbocycles. The zero-order valence-electron chi connectivity index (χ0n) is 11.9. The summed E-state index contributed by atoms with van der Waals surface area (Å²) in [6.45, 7) is 2.21. The molecular formula is C14H17N5O2. The van der Waals surface area contributed by atoms with Gasteiger partial charge >= 0.3 is 5.97 Å². The minimum Gasteiger partial charge on any atom is -0.481 e. The van der Waals surface area contributed by atoms with Crippen molar-refractivity contribution in [1.29, 1.82) is 0 Å². The van der Waals surface area contributed by atoms with Crippen LogP contribution in [0.3, 0.4) is 0 Å². The Bertz CT molecular complexity index is 644. The molecule has 7 nitrogen and oxygen atoms in total. The van der Waals surface area contributed by atoms with Crippen molar-refractivity contribution in [3.63, 3.8) is 0 Å². The molecule has 0 unspecified atom stereocenters. The van der Waals surface area contributed by atoms with E-state index in [2.05, 4.69) is 20.5 Å². The average molecular weight is 287 g/mol. The van der Waals surface area contributed by atoms with Gasteiger partial charge in [0.15, 0.2) is 5.82 Å². The summed E-state index contributed by atoms with van der Waals surface area (Å²) in [5.41, 5.74) is 0.960. The van der Waals surface area contributed by atoms with E-state index in [1.54, 1.807) is 10.9 Å². The third kappa shape index (κ3) is 2.51. The van der Waals surface area contributed by atoms with Gasteiger partial charge in [0.25, 0.3) is 0 Å². The molecule has 0 atom stereocenters. The number of rotatable bonds is 4. The summed E-state index contributed by atoms with van der Waals surface area (Å²) in [6, 6.07) is 3.78. The van der Waals surface area contributed by atoms with Crippen LogP contribution in [0.4, 0.5) is 0 Å². The highest BCUT2D eigenvalue weighted by atomic mass is 16.4. The summed E-state index contributed by atoms with van der Waals surface area (Å²) in [5.74, 6) is -0.196. The van der Waals surface area contributed by atoms with Gasteiger partial charge < -0.3 is 5.11 Å². The number of nitrogens with zero attached hydrogens (tertiary/aromatic N) is 5. The van der Waals surface area contributed by atoms with Crippen molar-refractivity contribution in [2.75, 3.05) is 0 Å². The Labute approximate surface area is 122 Å². The van der Waals surface area contributed by atoms with Crippen LogP contribution in [0.5, 0.6) is 0 Å². The Morgan fingerprint density at radius 2 is 2.14 bits per heavy atom. The molecule has 1 saturated carbocycles. The van der Waals surface area contributed by atoms with E-state index in [4.69, 9.17) is 0 Å². The van der Waals surface area contributed by atoms with Crippen molar-refractivity contribution < 1.29 is 9.90 Å². The monoisotopic (exact) mass is 287 g/mol. The predicted octanol–water partition coefficient (Wildman–Crippen LogP) is 1.69. The molecule has 1 aliphatic carbocycles. The molecule has 110 valence electrons. The number of aliphatic carboxylic acids is 1. The molecular weight excluding hydrogens is 270 g/mol. The molecule has 2 aromatic heterocycles. The first-order valence-corrected chi connectivity index (χ1v) is 7.03. The van der Waals surface area contributed by atoms with E-state index >= 15 is 0 Å². The Morgan fingerprint density at radius 1 is 1.38 bits per heavy atom. The second-order valence-corrected chi connectivity index (χ2v) is 5.64. The van der Waals surface area contributed by atoms with Gasteiger partial charge in [-0.3, -0.25) is 9.78 Å². The molecule has 0 radical (unpaired) electrons. The summed E-state index contributed by atoms with van der Waals surface area (Å²) in [7, 11) is 0. The summed E-state index contributed by atoms with van der Waals surface area (Å²) >= 11 is 0. The van der Waals surface area contributed by atoms with Crippen LogP contribution in [0.15, 0.2) is 18.3 Å². The van der Waals surface area contributed by atoms with Gasteiger partial charge in [-0.1, -0.05) is 12.8 Å². The Kier molecular flexibility index (Phi) is 3.40. The van der Waals surface area contributed by atoms with Gasteiger partial charge in [0.2, 0.25) is 0 Å². The van der Waals surface area contributed by atoms with E-state index in [1.165, 1.54) is 0 Å². The molecule has 0 spiro atoms. The number of aryl methyl sites for hydroxylation is 1. The van der Waals surface area contributed by atoms with E-state index in [1.807, 2.05) is 19.1 Å². The minimum absolute atomic E-state index is 0.304. The maximum absolute atomic E-state index is 11.6. The summed E-state index contributed by atoms with van der Waals surface area (Å²) < 4.78 is 1.59. The van der Waals surface area contributed by atoms with Crippen LogP contribution in [0.1, 0.15) is 31.4 Å². The van der Waals surface area contributed by atoms with Crippen LogP contribution in [-0.4, -0.2) is 36.3 Å². The number of carbonyl (C=O) groups is 1. The zero-order chi connectivity index (χ0) is 14.9. The maximum atomic E-state index is 11.6. The molecule has 2 heterocycles. The summed E-state index contributed by atoms with van der Waals surface area (Å²) in [5, 5.41) is 21.2. The van der Waals surface area contributed by atoms with Gasteiger partial charge in [-0.05, 0) is 42.3 Å². The van der Waals surface area contributed by atoms with Crippen LogP contribution in [0.2, 0.25) is 0 Å². The minimum atomic E-state index is -0.761. The highest BCUT2D eigenvalue weighted by molar-refractivity contribution is 5.75. The first kappa shape index (κ1) is 13.7. The standard InChI is InChI=1S/C14H17N5O2/c1-10-4-5-11(8-15-10)12-16-17-18-19(12)9-14(13(20)21)6-2-3-7-14/h4-5,8H,2-3,6-7,9H2,1H3,(H,20,21). The fraction of sp³-hybridized carbons (Fsp3) is 0.500. The SMILES string of the molecule is Cc1ccc(-c2nnnn2CC2(C(=O)O)CCCC2)cn1. The average Bonchev–Trinajstić information content (AvgIpc) is 3.10. The molecule has 0 amide bonds. The Morgan fingerprint density at radius 3 is 2.76 bits per heavy atom. The molecule has 0 bridgehead atoms. The molecule has 21 heavy (non-hydrogen) atoms. The van der Waals surface area contributed by atoms with Crippen molar-refractivity contribution in [2.24, 2.45) is 5.41 Å². The maximum Gasteiger partial charge on any atom is 0.311 e. The van der Waals surface area contributed by atoms with Crippen molar-refractivity contribution >= 4 is 5.97 Å². The predicted molar refractivity (Wildman–Crippen MR) is 74.3 cm³/mol. The fourth-order valence-corrected chi connectivity index (χ4v) is 2.90. The molecule has 1 N–H and O–H groups in total. The lowest BCUT2D eigenvalue weighted by atomic mass is 9.86. The van der Waals surface area contributed by atoms with Crippen molar-refractivity contribution in [2.45, 2.75) is 39.2 Å². The highest BCUT2D eigenvalue weighted by Crippen LogP contribution is 2.40. The fourth-order valence-electron chi connectivity index (χ4n) is 2.90. The third-order valence-electron chi connectivity index (χ3n) is 4.17. The van der Waals surface area contributed by atoms with Gasteiger partial charge in [-0.15, -0.1) is 5.10 Å². The summed E-state index contributed by atoms with van der Waals surface area (Å²) in [6.07, 6.45) is 4.94. The molecule has 0 aliphatic heterocycles. The zero-order valence-corrected chi connectivity index (χ0v) is 11.9. The van der Waals surface area contributed by atoms with Crippen LogP contribution in [0.25, 0.3) is 11.4 Å². The normalized spacial score (nSPS) is 17.0.